The molecular formula is C26H22FN3O2Si. The van der Waals surface area contributed by atoms with Crippen molar-refractivity contribution in [1.82, 2.24) is 9.55 Å². The second-order valence-corrected chi connectivity index (χ2v) is 11.4. The minimum absolute atomic E-state index is 0.211. The van der Waals surface area contributed by atoms with E-state index in [1.807, 2.05) is 84.9 Å². The molecule has 0 saturated carbocycles. The Hall–Kier alpha value is -3.84. The molecule has 0 aliphatic rings. The third-order valence-electron chi connectivity index (χ3n) is 6.20. The summed E-state index contributed by atoms with van der Waals surface area (Å²) < 4.78 is 18.9. The van der Waals surface area contributed by atoms with E-state index >= 15 is 4.11 Å². The summed E-state index contributed by atoms with van der Waals surface area (Å²) in [5, 5.41) is 16.7. The van der Waals surface area contributed by atoms with Crippen molar-refractivity contribution in [2.75, 3.05) is 0 Å². The van der Waals surface area contributed by atoms with Crippen molar-refractivity contribution in [3.63, 3.8) is 0 Å². The molecule has 0 fully saturated rings. The van der Waals surface area contributed by atoms with Crippen LogP contribution in [0.2, 0.25) is 6.04 Å². The average Bonchev–Trinajstić information content (AvgIpc) is 3.32. The molecule has 7 heteroatoms. The molecule has 0 radical (unpaired) electrons. The number of imidazole rings is 1. The van der Waals surface area contributed by atoms with Gasteiger partial charge in [0.05, 0.1) is 6.54 Å². The van der Waals surface area contributed by atoms with Crippen LogP contribution in [-0.2, 0) is 6.54 Å². The Labute approximate surface area is 191 Å². The summed E-state index contributed by atoms with van der Waals surface area (Å²) in [6, 6.07) is 27.9. The van der Waals surface area contributed by atoms with Crippen molar-refractivity contribution in [1.29, 1.82) is 0 Å². The van der Waals surface area contributed by atoms with Gasteiger partial charge < -0.3 is 14.2 Å². The van der Waals surface area contributed by atoms with E-state index in [1.54, 1.807) is 6.20 Å². The Bertz CT molecular complexity index is 1460. The topological polar surface area (TPSA) is 61.0 Å². The third-order valence-corrected chi connectivity index (χ3v) is 9.76. The number of hydrogen-bond donors (Lipinski definition) is 0. The van der Waals surface area contributed by atoms with Gasteiger partial charge in [-0.15, -0.1) is 0 Å². The van der Waals surface area contributed by atoms with Crippen LogP contribution in [0, 0.1) is 10.1 Å². The molecule has 0 saturated heterocycles. The molecule has 0 aliphatic carbocycles. The number of nitrogens with zero attached hydrogens (tertiary/aromatic N) is 3. The zero-order chi connectivity index (χ0) is 22.8. The molecule has 1 atom stereocenters. The van der Waals surface area contributed by atoms with Crippen molar-refractivity contribution in [2.45, 2.75) is 19.0 Å². The molecule has 0 N–H and O–H groups in total. The molecule has 164 valence electrons. The van der Waals surface area contributed by atoms with Crippen LogP contribution in [0.25, 0.3) is 21.5 Å². The molecular weight excluding hydrogens is 432 g/mol. The van der Waals surface area contributed by atoms with E-state index in [0.29, 0.717) is 19.0 Å². The standard InChI is InChI=1S/C26H22FN3O2Si/c27-33(18-6-16-29-17-15-28-26(29)30(31)32,23-14-13-20-7-1-2-9-22(20)19-23)25-12-5-10-21-8-3-4-11-24(21)25/h1-5,7-15,17,19H,6,16,18H2/i27-1. The first kappa shape index (κ1) is 21.0. The van der Waals surface area contributed by atoms with E-state index in [1.165, 1.54) is 10.8 Å². The van der Waals surface area contributed by atoms with Gasteiger partial charge in [-0.05, 0) is 49.3 Å². The van der Waals surface area contributed by atoms with Crippen molar-refractivity contribution in [2.24, 2.45) is 0 Å². The first-order chi connectivity index (χ1) is 16.1. The molecule has 4 aromatic carbocycles. The van der Waals surface area contributed by atoms with Gasteiger partial charge in [-0.1, -0.05) is 89.9 Å². The average molecular weight is 455 g/mol. The fourth-order valence-electron chi connectivity index (χ4n) is 4.58. The number of aryl methyl sites for hydroxylation is 1. The van der Waals surface area contributed by atoms with Crippen molar-refractivity contribution < 1.29 is 9.03 Å². The van der Waals surface area contributed by atoms with E-state index in [0.717, 1.165) is 31.9 Å². The lowest BCUT2D eigenvalue weighted by atomic mass is 10.1. The van der Waals surface area contributed by atoms with Crippen LogP contribution in [0.15, 0.2) is 97.3 Å². The molecule has 1 aromatic heterocycles. The lowest BCUT2D eigenvalue weighted by molar-refractivity contribution is -0.396. The third kappa shape index (κ3) is 3.91. The zero-order valence-corrected chi connectivity index (χ0v) is 18.9. The Morgan fingerprint density at radius 2 is 1.64 bits per heavy atom. The maximum Gasteiger partial charge on any atom is 0.434 e. The smallest absolute Gasteiger partial charge is 0.390 e. The molecule has 5 rings (SSSR count). The molecule has 5 aromatic rings. The van der Waals surface area contributed by atoms with Crippen LogP contribution in [0.3, 0.4) is 0 Å². The monoisotopic (exact) mass is 454 g/mol. The minimum atomic E-state index is -3.66. The van der Waals surface area contributed by atoms with Crippen LogP contribution in [-0.4, -0.2) is 22.9 Å². The fraction of sp³-hybridized carbons (Fsp3) is 0.115. The Morgan fingerprint density at radius 3 is 2.45 bits per heavy atom. The predicted octanol–water partition coefficient (Wildman–Crippen LogP) is 5.22. The summed E-state index contributed by atoms with van der Waals surface area (Å²) in [7, 11) is -3.66. The number of benzene rings is 4. The van der Waals surface area contributed by atoms with E-state index in [9.17, 15) is 10.1 Å². The summed E-state index contributed by atoms with van der Waals surface area (Å²) in [6.07, 6.45) is 3.45. The Balaban J connectivity index is 1.58. The highest BCUT2D eigenvalue weighted by molar-refractivity contribution is 6.98. The highest BCUT2D eigenvalue weighted by atomic mass is 28.4. The van der Waals surface area contributed by atoms with Crippen molar-refractivity contribution >= 4 is 46.3 Å². The van der Waals surface area contributed by atoms with Crippen LogP contribution < -0.4 is 10.4 Å². The minimum Gasteiger partial charge on any atom is -0.390 e. The predicted molar refractivity (Wildman–Crippen MR) is 132 cm³/mol. The first-order valence-electron chi connectivity index (χ1n) is 10.9. The van der Waals surface area contributed by atoms with Gasteiger partial charge in [0.15, 0.2) is 0 Å². The lowest BCUT2D eigenvalue weighted by Gasteiger charge is -2.25. The van der Waals surface area contributed by atoms with E-state index in [4.69, 9.17) is 0 Å². The number of halogens is 1. The van der Waals surface area contributed by atoms with Gasteiger partial charge >= 0.3 is 14.4 Å². The zero-order valence-electron chi connectivity index (χ0n) is 17.9. The number of rotatable bonds is 7. The van der Waals surface area contributed by atoms with E-state index in [-0.39, 0.29) is 5.95 Å². The molecule has 5 nitrogen and oxygen atoms in total. The second kappa shape index (κ2) is 8.59. The summed E-state index contributed by atoms with van der Waals surface area (Å²) in [6.45, 7) is 0.341. The number of aromatic nitrogens is 2. The molecule has 0 bridgehead atoms. The summed E-state index contributed by atoms with van der Waals surface area (Å²) in [5.41, 5.74) is 0. The largest absolute Gasteiger partial charge is 0.434 e. The van der Waals surface area contributed by atoms with Crippen LogP contribution >= 0.6 is 0 Å². The van der Waals surface area contributed by atoms with Crippen LogP contribution in [0.1, 0.15) is 6.42 Å². The molecule has 0 amide bonds. The summed E-state index contributed by atoms with van der Waals surface area (Å²) >= 11 is 0. The van der Waals surface area contributed by atoms with E-state index < -0.39 is 13.3 Å². The maximum atomic E-state index is 17.4. The highest BCUT2D eigenvalue weighted by Crippen LogP contribution is 2.24. The SMILES string of the molecule is O=[N+]([O-])c1nccn1CCC[Si]([18F])(c1ccc2ccccc2c1)c1cccc2ccccc12. The second-order valence-electron chi connectivity index (χ2n) is 8.17. The quantitative estimate of drug-likeness (QED) is 0.147. The number of nitro groups is 1. The van der Waals surface area contributed by atoms with Gasteiger partial charge in [0.25, 0.3) is 0 Å². The van der Waals surface area contributed by atoms with E-state index in [2.05, 4.69) is 4.98 Å². The van der Waals surface area contributed by atoms with Gasteiger partial charge in [0.2, 0.25) is 0 Å². The highest BCUT2D eigenvalue weighted by Gasteiger charge is 2.40. The number of fused-ring (bicyclic) bond motifs is 2. The Morgan fingerprint density at radius 1 is 0.909 bits per heavy atom. The molecule has 1 unspecified atom stereocenters. The fourth-order valence-corrected chi connectivity index (χ4v) is 7.84. The van der Waals surface area contributed by atoms with Crippen molar-refractivity contribution in [3.8, 4) is 0 Å². The van der Waals surface area contributed by atoms with Gasteiger partial charge in [-0.2, -0.15) is 0 Å². The molecule has 0 spiro atoms. The molecule has 1 heterocycles. The van der Waals surface area contributed by atoms with Gasteiger partial charge in [0.1, 0.15) is 12.4 Å². The van der Waals surface area contributed by atoms with Crippen molar-refractivity contribution in [3.05, 3.63) is 107 Å². The summed E-state index contributed by atoms with van der Waals surface area (Å²) in [4.78, 5) is 14.5. The Kier molecular flexibility index (Phi) is 5.48. The van der Waals surface area contributed by atoms with Gasteiger partial charge in [-0.25, -0.2) is 4.57 Å². The normalized spacial score (nSPS) is 13.2. The number of hydrogen-bond acceptors (Lipinski definition) is 3. The van der Waals surface area contributed by atoms with Gasteiger partial charge in [0, 0.05) is 0 Å². The van der Waals surface area contributed by atoms with Crippen LogP contribution in [0.4, 0.5) is 10.1 Å². The molecule has 33 heavy (non-hydrogen) atoms. The summed E-state index contributed by atoms with van der Waals surface area (Å²) in [5.74, 6) is -0.211. The first-order valence-corrected chi connectivity index (χ1v) is 13.0. The van der Waals surface area contributed by atoms with Gasteiger partial charge in [-0.3, -0.25) is 0 Å². The molecule has 0 aliphatic heterocycles. The lowest BCUT2D eigenvalue weighted by Crippen LogP contribution is -2.54. The van der Waals surface area contributed by atoms with Crippen LogP contribution in [0.5, 0.6) is 0 Å². The maximum absolute atomic E-state index is 17.4.